The van der Waals surface area contributed by atoms with E-state index >= 15 is 0 Å². The van der Waals surface area contributed by atoms with Gasteiger partial charge in [-0.3, -0.25) is 0 Å². The van der Waals surface area contributed by atoms with Crippen molar-refractivity contribution in [2.75, 3.05) is 7.11 Å². The summed E-state index contributed by atoms with van der Waals surface area (Å²) in [6.45, 7) is 6.71. The minimum absolute atomic E-state index is 0.0431. The van der Waals surface area contributed by atoms with Crippen LogP contribution in [-0.4, -0.2) is 7.11 Å². The van der Waals surface area contributed by atoms with E-state index in [0.717, 1.165) is 21.3 Å². The molecule has 0 N–H and O–H groups in total. The molecule has 0 amide bonds. The number of benzene rings is 3. The zero-order valence-electron chi connectivity index (χ0n) is 15.1. The van der Waals surface area contributed by atoms with Gasteiger partial charge in [0.1, 0.15) is 5.75 Å². The number of halogens is 1. The molecule has 128 valence electrons. The molecule has 0 aliphatic carbocycles. The predicted octanol–water partition coefficient (Wildman–Crippen LogP) is 7.09. The molecule has 0 spiro atoms. The lowest BCUT2D eigenvalue weighted by Gasteiger charge is -2.27. The Morgan fingerprint density at radius 2 is 1.40 bits per heavy atom. The molecule has 2 heteroatoms. The molecule has 3 rings (SSSR count). The molecule has 0 aliphatic heterocycles. The van der Waals surface area contributed by atoms with E-state index in [2.05, 4.69) is 91.3 Å². The van der Waals surface area contributed by atoms with Crippen molar-refractivity contribution in [3.63, 3.8) is 0 Å². The minimum Gasteiger partial charge on any atom is -0.496 e. The van der Waals surface area contributed by atoms with E-state index in [1.54, 1.807) is 7.11 Å². The zero-order chi connectivity index (χ0) is 18.0. The van der Waals surface area contributed by atoms with Gasteiger partial charge in [-0.05, 0) is 34.2 Å². The summed E-state index contributed by atoms with van der Waals surface area (Å²) >= 11 is 3.57. The molecule has 3 aromatic carbocycles. The molecule has 0 aliphatic rings. The van der Waals surface area contributed by atoms with Crippen LogP contribution in [0, 0.1) is 0 Å². The van der Waals surface area contributed by atoms with E-state index in [-0.39, 0.29) is 5.41 Å². The van der Waals surface area contributed by atoms with Crippen LogP contribution < -0.4 is 4.74 Å². The third-order valence-electron chi connectivity index (χ3n) is 4.33. The Morgan fingerprint density at radius 1 is 0.760 bits per heavy atom. The third kappa shape index (κ3) is 3.64. The van der Waals surface area contributed by atoms with Gasteiger partial charge in [0.15, 0.2) is 0 Å². The third-order valence-corrected chi connectivity index (χ3v) is 4.83. The predicted molar refractivity (Wildman–Crippen MR) is 110 cm³/mol. The topological polar surface area (TPSA) is 9.23 Å². The fraction of sp³-hybridized carbons (Fsp3) is 0.217. The van der Waals surface area contributed by atoms with Crippen molar-refractivity contribution < 1.29 is 4.74 Å². The van der Waals surface area contributed by atoms with Gasteiger partial charge in [0.05, 0.1) is 7.11 Å². The summed E-state index contributed by atoms with van der Waals surface area (Å²) in [5, 5.41) is 0. The van der Waals surface area contributed by atoms with Crippen molar-refractivity contribution in [3.05, 3.63) is 76.8 Å². The molecule has 0 saturated carbocycles. The molecule has 1 nitrogen and oxygen atoms in total. The lowest BCUT2D eigenvalue weighted by molar-refractivity contribution is 0.400. The Bertz CT molecular complexity index is 876. The van der Waals surface area contributed by atoms with Crippen LogP contribution in [0.1, 0.15) is 26.3 Å². The van der Waals surface area contributed by atoms with Crippen LogP contribution in [0.5, 0.6) is 5.75 Å². The highest BCUT2D eigenvalue weighted by atomic mass is 79.9. The van der Waals surface area contributed by atoms with Gasteiger partial charge in [-0.1, -0.05) is 91.3 Å². The fourth-order valence-electron chi connectivity index (χ4n) is 3.28. The Labute approximate surface area is 158 Å². The van der Waals surface area contributed by atoms with Gasteiger partial charge in [-0.15, -0.1) is 0 Å². The first-order valence-corrected chi connectivity index (χ1v) is 9.24. The molecule has 0 heterocycles. The van der Waals surface area contributed by atoms with Crippen LogP contribution in [0.4, 0.5) is 0 Å². The van der Waals surface area contributed by atoms with Crippen LogP contribution in [-0.2, 0) is 5.41 Å². The smallest absolute Gasteiger partial charge is 0.131 e. The van der Waals surface area contributed by atoms with Gasteiger partial charge >= 0.3 is 0 Å². The summed E-state index contributed by atoms with van der Waals surface area (Å²) in [5.74, 6) is 0.951. The highest BCUT2D eigenvalue weighted by Gasteiger charge is 2.26. The summed E-state index contributed by atoms with van der Waals surface area (Å²) in [6, 6.07) is 23.3. The maximum Gasteiger partial charge on any atom is 0.131 e. The Balaban J connectivity index is 2.31. The highest BCUT2D eigenvalue weighted by molar-refractivity contribution is 9.10. The van der Waals surface area contributed by atoms with Gasteiger partial charge < -0.3 is 4.74 Å². The lowest BCUT2D eigenvalue weighted by Crippen LogP contribution is -2.15. The first kappa shape index (κ1) is 17.8. The molecule has 25 heavy (non-hydrogen) atoms. The largest absolute Gasteiger partial charge is 0.496 e. The second-order valence-electron chi connectivity index (χ2n) is 7.20. The lowest BCUT2D eigenvalue weighted by atomic mass is 9.79. The normalized spacial score (nSPS) is 11.4. The molecule has 0 saturated heterocycles. The van der Waals surface area contributed by atoms with Gasteiger partial charge in [-0.2, -0.15) is 0 Å². The standard InChI is InChI=1S/C23H23BrO/c1-23(2,3)21-19(16-9-6-5-7-10-16)13-14-20(22(21)25-4)17-11-8-12-18(24)15-17/h5-15H,1-4H3. The zero-order valence-corrected chi connectivity index (χ0v) is 16.7. The molecule has 0 radical (unpaired) electrons. The molecule has 0 aromatic heterocycles. The van der Waals surface area contributed by atoms with Gasteiger partial charge in [-0.25, -0.2) is 0 Å². The van der Waals surface area contributed by atoms with Crippen LogP contribution in [0.25, 0.3) is 22.3 Å². The number of rotatable bonds is 3. The van der Waals surface area contributed by atoms with Crippen LogP contribution in [0.2, 0.25) is 0 Å². The summed E-state index contributed by atoms with van der Waals surface area (Å²) in [4.78, 5) is 0. The Kier molecular flexibility index (Phi) is 5.01. The monoisotopic (exact) mass is 394 g/mol. The van der Waals surface area contributed by atoms with E-state index in [1.165, 1.54) is 16.7 Å². The first-order valence-electron chi connectivity index (χ1n) is 8.44. The van der Waals surface area contributed by atoms with Gasteiger partial charge in [0.2, 0.25) is 0 Å². The summed E-state index contributed by atoms with van der Waals surface area (Å²) in [6.07, 6.45) is 0. The SMILES string of the molecule is COc1c(-c2cccc(Br)c2)ccc(-c2ccccc2)c1C(C)(C)C. The first-order chi connectivity index (χ1) is 11.9. The van der Waals surface area contributed by atoms with Crippen molar-refractivity contribution in [3.8, 4) is 28.0 Å². The summed E-state index contributed by atoms with van der Waals surface area (Å²) in [5.41, 5.74) is 5.90. The quantitative estimate of drug-likeness (QED) is 0.460. The van der Waals surface area contributed by atoms with Crippen LogP contribution in [0.15, 0.2) is 71.2 Å². The number of hydrogen-bond acceptors (Lipinski definition) is 1. The Morgan fingerprint density at radius 3 is 2.00 bits per heavy atom. The van der Waals surface area contributed by atoms with Crippen molar-refractivity contribution in [1.82, 2.24) is 0 Å². The molecule has 0 atom stereocenters. The van der Waals surface area contributed by atoms with E-state index < -0.39 is 0 Å². The molecule has 3 aromatic rings. The second kappa shape index (κ2) is 7.05. The van der Waals surface area contributed by atoms with Crippen molar-refractivity contribution >= 4 is 15.9 Å². The number of hydrogen-bond donors (Lipinski definition) is 0. The van der Waals surface area contributed by atoms with E-state index in [9.17, 15) is 0 Å². The molecule has 0 unspecified atom stereocenters. The van der Waals surface area contributed by atoms with Gasteiger partial charge in [0.25, 0.3) is 0 Å². The van der Waals surface area contributed by atoms with Crippen molar-refractivity contribution in [2.45, 2.75) is 26.2 Å². The van der Waals surface area contributed by atoms with Crippen LogP contribution in [0.3, 0.4) is 0 Å². The molecular formula is C23H23BrO. The summed E-state index contributed by atoms with van der Waals surface area (Å²) in [7, 11) is 1.76. The number of ether oxygens (including phenoxy) is 1. The highest BCUT2D eigenvalue weighted by Crippen LogP contribution is 2.45. The maximum atomic E-state index is 5.94. The maximum absolute atomic E-state index is 5.94. The average Bonchev–Trinajstić information content (AvgIpc) is 2.60. The fourth-order valence-corrected chi connectivity index (χ4v) is 3.68. The second-order valence-corrected chi connectivity index (χ2v) is 8.11. The summed E-state index contributed by atoms with van der Waals surface area (Å²) < 4.78 is 7.01. The number of methoxy groups -OCH3 is 1. The van der Waals surface area contributed by atoms with Crippen LogP contribution >= 0.6 is 15.9 Å². The molecular weight excluding hydrogens is 372 g/mol. The van der Waals surface area contributed by atoms with Crippen molar-refractivity contribution in [2.24, 2.45) is 0 Å². The average molecular weight is 395 g/mol. The van der Waals surface area contributed by atoms with E-state index in [1.807, 2.05) is 12.1 Å². The van der Waals surface area contributed by atoms with E-state index in [0.29, 0.717) is 0 Å². The van der Waals surface area contributed by atoms with Gasteiger partial charge in [0, 0.05) is 15.6 Å². The molecule has 0 fully saturated rings. The Hall–Kier alpha value is -2.06. The van der Waals surface area contributed by atoms with Crippen molar-refractivity contribution in [1.29, 1.82) is 0 Å². The molecule has 0 bridgehead atoms. The van der Waals surface area contributed by atoms with E-state index in [4.69, 9.17) is 4.74 Å². The minimum atomic E-state index is -0.0431.